The molecule has 0 atom stereocenters. The lowest BCUT2D eigenvalue weighted by Gasteiger charge is -2.27. The minimum absolute atomic E-state index is 0.255. The fourth-order valence-corrected chi connectivity index (χ4v) is 3.68. The van der Waals surface area contributed by atoms with Crippen molar-refractivity contribution in [2.75, 3.05) is 18.0 Å². The molecule has 1 aliphatic heterocycles. The van der Waals surface area contributed by atoms with Crippen molar-refractivity contribution in [1.29, 1.82) is 0 Å². The molecule has 3 heterocycles. The van der Waals surface area contributed by atoms with Crippen LogP contribution in [0, 0.1) is 0 Å². The molecule has 0 aromatic carbocycles. The maximum Gasteiger partial charge on any atom is 0.287 e. The number of aromatic nitrogens is 1. The van der Waals surface area contributed by atoms with Crippen molar-refractivity contribution in [2.24, 2.45) is 5.10 Å². The molecule has 1 aliphatic rings. The summed E-state index contributed by atoms with van der Waals surface area (Å²) in [7, 11) is 0. The van der Waals surface area contributed by atoms with Crippen LogP contribution in [0.5, 0.6) is 0 Å². The number of thiophene rings is 1. The Bertz CT molecular complexity index is 673. The predicted molar refractivity (Wildman–Crippen MR) is 93.9 cm³/mol. The second-order valence-corrected chi connectivity index (χ2v) is 7.16. The molecule has 5 nitrogen and oxygen atoms in total. The second-order valence-electron chi connectivity index (χ2n) is 5.15. The van der Waals surface area contributed by atoms with Crippen LogP contribution in [-0.4, -0.2) is 30.2 Å². The van der Waals surface area contributed by atoms with E-state index in [2.05, 4.69) is 42.4 Å². The van der Waals surface area contributed by atoms with Crippen LogP contribution in [0.25, 0.3) is 0 Å². The monoisotopic (exact) mass is 380 g/mol. The fourth-order valence-electron chi connectivity index (χ4n) is 2.41. The van der Waals surface area contributed by atoms with Gasteiger partial charge in [0.2, 0.25) is 0 Å². The molecule has 2 N–H and O–H groups in total. The van der Waals surface area contributed by atoms with Crippen molar-refractivity contribution in [3.8, 4) is 0 Å². The van der Waals surface area contributed by atoms with Crippen molar-refractivity contribution >= 4 is 44.4 Å². The summed E-state index contributed by atoms with van der Waals surface area (Å²) in [6.07, 6.45) is 7.26. The zero-order valence-electron chi connectivity index (χ0n) is 12.0. The average molecular weight is 381 g/mol. The van der Waals surface area contributed by atoms with Crippen LogP contribution in [-0.2, 0) is 0 Å². The van der Waals surface area contributed by atoms with E-state index in [1.165, 1.54) is 24.3 Å². The van der Waals surface area contributed by atoms with E-state index in [-0.39, 0.29) is 5.91 Å². The Labute approximate surface area is 141 Å². The number of aromatic amines is 1. The van der Waals surface area contributed by atoms with Crippen LogP contribution in [0.1, 0.15) is 34.6 Å². The molecular weight excluding hydrogens is 364 g/mol. The molecule has 3 rings (SSSR count). The van der Waals surface area contributed by atoms with Gasteiger partial charge in [0, 0.05) is 28.6 Å². The molecule has 22 heavy (non-hydrogen) atoms. The molecule has 0 radical (unpaired) electrons. The van der Waals surface area contributed by atoms with E-state index in [0.29, 0.717) is 5.69 Å². The number of carbonyl (C=O) groups is 1. The number of nitrogens with zero attached hydrogens (tertiary/aromatic N) is 2. The molecule has 0 aliphatic carbocycles. The number of halogens is 1. The Kier molecular flexibility index (Phi) is 4.94. The van der Waals surface area contributed by atoms with Gasteiger partial charge < -0.3 is 9.88 Å². The van der Waals surface area contributed by atoms with Crippen LogP contribution in [0.4, 0.5) is 5.00 Å². The number of hydrazone groups is 1. The van der Waals surface area contributed by atoms with Crippen molar-refractivity contribution in [2.45, 2.75) is 19.3 Å². The summed E-state index contributed by atoms with van der Waals surface area (Å²) in [5.41, 5.74) is 3.00. The minimum atomic E-state index is -0.255. The van der Waals surface area contributed by atoms with Crippen molar-refractivity contribution in [3.63, 3.8) is 0 Å². The smallest absolute Gasteiger partial charge is 0.287 e. The summed E-state index contributed by atoms with van der Waals surface area (Å²) in [6.45, 7) is 2.27. The third-order valence-electron chi connectivity index (χ3n) is 3.53. The molecule has 7 heteroatoms. The van der Waals surface area contributed by atoms with E-state index >= 15 is 0 Å². The van der Waals surface area contributed by atoms with Gasteiger partial charge in [-0.05, 0) is 53.4 Å². The molecule has 2 aromatic heterocycles. The summed E-state index contributed by atoms with van der Waals surface area (Å²) in [5.74, 6) is -0.255. The first-order valence-corrected chi connectivity index (χ1v) is 8.85. The fraction of sp³-hybridized carbons (Fsp3) is 0.333. The van der Waals surface area contributed by atoms with Gasteiger partial charge in [-0.25, -0.2) is 5.43 Å². The van der Waals surface area contributed by atoms with Gasteiger partial charge in [0.1, 0.15) is 5.69 Å². The number of amides is 1. The molecule has 0 saturated carbocycles. The average Bonchev–Trinajstić information content (AvgIpc) is 3.17. The maximum atomic E-state index is 11.8. The van der Waals surface area contributed by atoms with Crippen molar-refractivity contribution in [1.82, 2.24) is 10.4 Å². The molecule has 0 bridgehead atoms. The van der Waals surface area contributed by atoms with Gasteiger partial charge in [0.05, 0.1) is 11.2 Å². The van der Waals surface area contributed by atoms with Crippen molar-refractivity contribution in [3.05, 3.63) is 39.4 Å². The van der Waals surface area contributed by atoms with E-state index < -0.39 is 0 Å². The zero-order chi connectivity index (χ0) is 15.4. The number of nitrogens with one attached hydrogen (secondary N) is 2. The Morgan fingerprint density at radius 1 is 1.36 bits per heavy atom. The van der Waals surface area contributed by atoms with E-state index in [9.17, 15) is 4.79 Å². The zero-order valence-corrected chi connectivity index (χ0v) is 14.4. The summed E-state index contributed by atoms with van der Waals surface area (Å²) < 4.78 is 0.839. The highest BCUT2D eigenvalue weighted by atomic mass is 79.9. The van der Waals surface area contributed by atoms with Gasteiger partial charge in [0.15, 0.2) is 0 Å². The van der Waals surface area contributed by atoms with Gasteiger partial charge in [-0.1, -0.05) is 0 Å². The molecular formula is C15H17BrN4OS. The highest BCUT2D eigenvalue weighted by Gasteiger charge is 2.12. The number of anilines is 1. The molecule has 0 spiro atoms. The molecule has 0 unspecified atom stereocenters. The number of hydrogen-bond donors (Lipinski definition) is 2. The van der Waals surface area contributed by atoms with E-state index in [4.69, 9.17) is 0 Å². The Hall–Kier alpha value is -1.60. The number of rotatable bonds is 4. The summed E-state index contributed by atoms with van der Waals surface area (Å²) in [5, 5.41) is 5.30. The van der Waals surface area contributed by atoms with E-state index in [0.717, 1.165) is 22.4 Å². The van der Waals surface area contributed by atoms with Crippen LogP contribution in [0.15, 0.2) is 34.0 Å². The quantitative estimate of drug-likeness (QED) is 0.628. The lowest BCUT2D eigenvalue weighted by atomic mass is 10.1. The maximum absolute atomic E-state index is 11.8. The van der Waals surface area contributed by atoms with Gasteiger partial charge >= 0.3 is 0 Å². The Morgan fingerprint density at radius 2 is 2.18 bits per heavy atom. The van der Waals surface area contributed by atoms with Crippen molar-refractivity contribution < 1.29 is 4.79 Å². The third-order valence-corrected chi connectivity index (χ3v) is 5.07. The number of hydrogen-bond acceptors (Lipinski definition) is 4. The second kappa shape index (κ2) is 7.11. The number of piperidine rings is 1. The third kappa shape index (κ3) is 3.78. The highest BCUT2D eigenvalue weighted by Crippen LogP contribution is 2.27. The molecule has 1 fully saturated rings. The summed E-state index contributed by atoms with van der Waals surface area (Å²) in [4.78, 5) is 18.1. The van der Waals surface area contributed by atoms with E-state index in [1.807, 2.05) is 6.07 Å². The van der Waals surface area contributed by atoms with Gasteiger partial charge in [-0.2, -0.15) is 5.10 Å². The largest absolute Gasteiger partial charge is 0.363 e. The molecule has 2 aromatic rings. The number of carbonyl (C=O) groups excluding carboxylic acids is 1. The molecule has 116 valence electrons. The van der Waals surface area contributed by atoms with Gasteiger partial charge in [-0.3, -0.25) is 4.79 Å². The predicted octanol–water partition coefficient (Wildman–Crippen LogP) is 3.59. The van der Waals surface area contributed by atoms with Gasteiger partial charge in [-0.15, -0.1) is 11.3 Å². The van der Waals surface area contributed by atoms with Crippen LogP contribution < -0.4 is 10.3 Å². The lowest BCUT2D eigenvalue weighted by molar-refractivity contribution is 0.0951. The number of H-pyrrole nitrogens is 1. The van der Waals surface area contributed by atoms with Crippen LogP contribution >= 0.6 is 27.3 Å². The Balaban J connectivity index is 1.56. The standard InChI is InChI=1S/C15H17BrN4OS/c16-11-8-13(17-9-11)15(21)19-18-10-12-4-5-14(22-12)20-6-2-1-3-7-20/h4-5,8-10,17H,1-3,6-7H2,(H,19,21)/b18-10-. The molecule has 1 saturated heterocycles. The molecule has 1 amide bonds. The summed E-state index contributed by atoms with van der Waals surface area (Å²) >= 11 is 4.99. The highest BCUT2D eigenvalue weighted by molar-refractivity contribution is 9.10. The first-order chi connectivity index (χ1) is 10.7. The first-order valence-electron chi connectivity index (χ1n) is 7.24. The minimum Gasteiger partial charge on any atom is -0.363 e. The first kappa shape index (κ1) is 15.3. The SMILES string of the molecule is O=C(N/N=C\c1ccc(N2CCCCC2)s1)c1cc(Br)c[nH]1. The Morgan fingerprint density at radius 3 is 2.91 bits per heavy atom. The topological polar surface area (TPSA) is 60.5 Å². The van der Waals surface area contributed by atoms with Crippen LogP contribution in [0.3, 0.4) is 0 Å². The van der Waals surface area contributed by atoms with Gasteiger partial charge in [0.25, 0.3) is 5.91 Å². The lowest BCUT2D eigenvalue weighted by Crippen LogP contribution is -2.28. The normalized spacial score (nSPS) is 15.4. The summed E-state index contributed by atoms with van der Waals surface area (Å²) in [6, 6.07) is 5.88. The van der Waals surface area contributed by atoms with E-state index in [1.54, 1.807) is 29.8 Å². The van der Waals surface area contributed by atoms with Crippen LogP contribution in [0.2, 0.25) is 0 Å².